The fraction of sp³-hybridized carbons (Fsp3) is 0.667. The molecule has 1 aliphatic carbocycles. The van der Waals surface area contributed by atoms with Crippen LogP contribution in [0, 0.1) is 17.2 Å². The Kier molecular flexibility index (Phi) is 2.97. The number of rotatable bonds is 1. The van der Waals surface area contributed by atoms with Crippen LogP contribution < -0.4 is 0 Å². The van der Waals surface area contributed by atoms with Crippen LogP contribution in [0.5, 0.6) is 0 Å². The number of aliphatic hydroxyl groups excluding tert-OH is 1. The van der Waals surface area contributed by atoms with E-state index in [-0.39, 0.29) is 0 Å². The maximum Gasteiger partial charge on any atom is 0.0982 e. The second kappa shape index (κ2) is 4.02. The maximum absolute atomic E-state index is 8.69. The number of nitriles is 1. The van der Waals surface area contributed by atoms with Gasteiger partial charge in [-0.1, -0.05) is 19.3 Å². The van der Waals surface area contributed by atoms with Crippen LogP contribution >= 0.6 is 0 Å². The van der Waals surface area contributed by atoms with E-state index in [1.165, 1.54) is 19.3 Å². The molecule has 1 saturated carbocycles. The van der Waals surface area contributed by atoms with E-state index < -0.39 is 0 Å². The predicted molar refractivity (Wildman–Crippen MR) is 42.9 cm³/mol. The van der Waals surface area contributed by atoms with Crippen molar-refractivity contribution in [2.45, 2.75) is 32.1 Å². The van der Waals surface area contributed by atoms with Crippen LogP contribution in [0.1, 0.15) is 32.1 Å². The summed E-state index contributed by atoms with van der Waals surface area (Å²) in [6.45, 7) is 0. The zero-order valence-electron chi connectivity index (χ0n) is 6.58. The van der Waals surface area contributed by atoms with Crippen LogP contribution in [-0.4, -0.2) is 5.11 Å². The van der Waals surface area contributed by atoms with Crippen LogP contribution in [0.4, 0.5) is 0 Å². The molecule has 0 aliphatic heterocycles. The van der Waals surface area contributed by atoms with E-state index >= 15 is 0 Å². The van der Waals surface area contributed by atoms with Gasteiger partial charge in [-0.05, 0) is 18.8 Å². The summed E-state index contributed by atoms with van der Waals surface area (Å²) in [6.07, 6.45) is 6.78. The first-order valence-electron chi connectivity index (χ1n) is 4.13. The topological polar surface area (TPSA) is 44.0 Å². The summed E-state index contributed by atoms with van der Waals surface area (Å²) >= 11 is 0. The highest BCUT2D eigenvalue weighted by molar-refractivity contribution is 5.21. The van der Waals surface area contributed by atoms with E-state index in [4.69, 9.17) is 10.4 Å². The van der Waals surface area contributed by atoms with Crippen molar-refractivity contribution >= 4 is 0 Å². The molecule has 0 amide bonds. The Hall–Kier alpha value is -0.970. The minimum atomic E-state index is 0.332. The molecule has 0 bridgehead atoms. The van der Waals surface area contributed by atoms with Gasteiger partial charge in [0.25, 0.3) is 0 Å². The molecule has 2 heteroatoms. The first-order valence-corrected chi connectivity index (χ1v) is 4.13. The van der Waals surface area contributed by atoms with Gasteiger partial charge in [-0.3, -0.25) is 0 Å². The zero-order chi connectivity index (χ0) is 8.10. The van der Waals surface area contributed by atoms with Gasteiger partial charge in [-0.2, -0.15) is 5.26 Å². The Labute approximate surface area is 67.2 Å². The zero-order valence-corrected chi connectivity index (χ0v) is 6.58. The van der Waals surface area contributed by atoms with Crippen molar-refractivity contribution in [3.63, 3.8) is 0 Å². The lowest BCUT2D eigenvalue weighted by Crippen LogP contribution is -2.08. The van der Waals surface area contributed by atoms with Crippen LogP contribution in [0.25, 0.3) is 0 Å². The number of nitrogens with zero attached hydrogens (tertiary/aromatic N) is 1. The monoisotopic (exact) mass is 151 g/mol. The molecule has 2 nitrogen and oxygen atoms in total. The molecule has 0 radical (unpaired) electrons. The van der Waals surface area contributed by atoms with Crippen LogP contribution in [-0.2, 0) is 0 Å². The van der Waals surface area contributed by atoms with Crippen molar-refractivity contribution in [2.75, 3.05) is 0 Å². The molecule has 0 heterocycles. The smallest absolute Gasteiger partial charge is 0.0982 e. The number of hydrogen-bond donors (Lipinski definition) is 1. The average molecular weight is 151 g/mol. The van der Waals surface area contributed by atoms with E-state index in [0.717, 1.165) is 19.1 Å². The van der Waals surface area contributed by atoms with Gasteiger partial charge in [0.05, 0.1) is 17.9 Å². The van der Waals surface area contributed by atoms with Gasteiger partial charge in [0.2, 0.25) is 0 Å². The van der Waals surface area contributed by atoms with E-state index in [0.29, 0.717) is 11.5 Å². The summed E-state index contributed by atoms with van der Waals surface area (Å²) in [6, 6.07) is 2.03. The third-order valence-electron chi connectivity index (χ3n) is 2.31. The van der Waals surface area contributed by atoms with Crippen molar-refractivity contribution in [3.8, 4) is 6.07 Å². The number of aliphatic hydroxyl groups is 1. The summed E-state index contributed by atoms with van der Waals surface area (Å²) in [4.78, 5) is 0. The lowest BCUT2D eigenvalue weighted by atomic mass is 9.85. The molecule has 0 aromatic carbocycles. The second-order valence-corrected chi connectivity index (χ2v) is 3.03. The minimum Gasteiger partial charge on any atom is -0.515 e. The maximum atomic E-state index is 8.69. The van der Waals surface area contributed by atoms with Crippen LogP contribution in [0.3, 0.4) is 0 Å². The lowest BCUT2D eigenvalue weighted by molar-refractivity contribution is 0.390. The Balaban J connectivity index is 2.52. The minimum absolute atomic E-state index is 0.332. The van der Waals surface area contributed by atoms with Crippen molar-refractivity contribution in [1.82, 2.24) is 0 Å². The third kappa shape index (κ3) is 1.98. The molecule has 0 aromatic rings. The third-order valence-corrected chi connectivity index (χ3v) is 2.31. The average Bonchev–Trinajstić information content (AvgIpc) is 2.09. The van der Waals surface area contributed by atoms with E-state index in [2.05, 4.69) is 0 Å². The molecule has 60 valence electrons. The van der Waals surface area contributed by atoms with Crippen LogP contribution in [0.2, 0.25) is 0 Å². The standard InChI is InChI=1S/C9H13NO/c10-6-9(7-11)8-4-2-1-3-5-8/h7-8,11H,1-5H2/b9-7+. The fourth-order valence-electron chi connectivity index (χ4n) is 1.64. The molecule has 1 aliphatic rings. The van der Waals surface area contributed by atoms with Crippen molar-refractivity contribution < 1.29 is 5.11 Å². The molecule has 0 spiro atoms. The quantitative estimate of drug-likeness (QED) is 0.462. The van der Waals surface area contributed by atoms with Crippen molar-refractivity contribution in [1.29, 1.82) is 5.26 Å². The van der Waals surface area contributed by atoms with Crippen LogP contribution in [0.15, 0.2) is 11.8 Å². The highest BCUT2D eigenvalue weighted by Crippen LogP contribution is 2.28. The molecule has 1 N–H and O–H groups in total. The Bertz CT molecular complexity index is 184. The first-order chi connectivity index (χ1) is 5.38. The Morgan fingerprint density at radius 3 is 2.45 bits per heavy atom. The lowest BCUT2D eigenvalue weighted by Gasteiger charge is -2.19. The highest BCUT2D eigenvalue weighted by atomic mass is 16.2. The summed E-state index contributed by atoms with van der Waals surface area (Å²) in [5.41, 5.74) is 0.560. The van der Waals surface area contributed by atoms with Gasteiger partial charge in [0, 0.05) is 0 Å². The van der Waals surface area contributed by atoms with Gasteiger partial charge >= 0.3 is 0 Å². The second-order valence-electron chi connectivity index (χ2n) is 3.03. The highest BCUT2D eigenvalue weighted by Gasteiger charge is 2.17. The largest absolute Gasteiger partial charge is 0.515 e. The fourth-order valence-corrected chi connectivity index (χ4v) is 1.64. The van der Waals surface area contributed by atoms with Crippen molar-refractivity contribution in [2.24, 2.45) is 5.92 Å². The van der Waals surface area contributed by atoms with E-state index in [1.807, 2.05) is 6.07 Å². The molecular formula is C9H13NO. The first kappa shape index (κ1) is 8.13. The number of allylic oxidation sites excluding steroid dienone is 1. The van der Waals surface area contributed by atoms with Gasteiger partial charge in [0.15, 0.2) is 0 Å². The summed E-state index contributed by atoms with van der Waals surface area (Å²) in [5, 5.41) is 17.3. The summed E-state index contributed by atoms with van der Waals surface area (Å²) in [5.74, 6) is 0.332. The van der Waals surface area contributed by atoms with E-state index in [9.17, 15) is 0 Å². The summed E-state index contributed by atoms with van der Waals surface area (Å²) < 4.78 is 0. The molecule has 1 rings (SSSR count). The summed E-state index contributed by atoms with van der Waals surface area (Å²) in [7, 11) is 0. The molecule has 0 aromatic heterocycles. The van der Waals surface area contributed by atoms with Crippen molar-refractivity contribution in [3.05, 3.63) is 11.8 Å². The Morgan fingerprint density at radius 2 is 2.00 bits per heavy atom. The molecule has 1 fully saturated rings. The molecule has 11 heavy (non-hydrogen) atoms. The number of hydrogen-bond acceptors (Lipinski definition) is 2. The van der Waals surface area contributed by atoms with Gasteiger partial charge in [0.1, 0.15) is 0 Å². The molecule has 0 atom stereocenters. The Morgan fingerprint density at radius 1 is 1.36 bits per heavy atom. The molecule has 0 saturated heterocycles. The van der Waals surface area contributed by atoms with Gasteiger partial charge in [-0.15, -0.1) is 0 Å². The van der Waals surface area contributed by atoms with Gasteiger partial charge < -0.3 is 5.11 Å². The normalized spacial score (nSPS) is 21.2. The molecular weight excluding hydrogens is 138 g/mol. The molecule has 0 unspecified atom stereocenters. The SMILES string of the molecule is N#C/C(=C\O)C1CCCCC1. The van der Waals surface area contributed by atoms with Gasteiger partial charge in [-0.25, -0.2) is 0 Å². The predicted octanol–water partition coefficient (Wildman–Crippen LogP) is 2.53. The van der Waals surface area contributed by atoms with E-state index in [1.54, 1.807) is 0 Å².